The van der Waals surface area contributed by atoms with Crippen LogP contribution in [0, 0.1) is 0 Å². The van der Waals surface area contributed by atoms with Gasteiger partial charge in [-0.2, -0.15) is 11.1 Å². The molecule has 0 aromatic rings. The largest absolute Gasteiger partial charge is 0.170 e. The molecule has 0 aliphatic carbocycles. The predicted molar refractivity (Wildman–Crippen MR) is 60.5 cm³/mol. The van der Waals surface area contributed by atoms with Gasteiger partial charge in [0.1, 0.15) is 0 Å². The first-order valence-electron chi connectivity index (χ1n) is 4.65. The lowest BCUT2D eigenvalue weighted by atomic mass is 10.0. The Labute approximate surface area is 84.4 Å². The number of hydrogen-bond donors (Lipinski definition) is 0. The van der Waals surface area contributed by atoms with Crippen molar-refractivity contribution < 1.29 is 0 Å². The van der Waals surface area contributed by atoms with Gasteiger partial charge >= 0.3 is 0 Å². The Morgan fingerprint density at radius 1 is 1.08 bits per heavy atom. The van der Waals surface area contributed by atoms with Gasteiger partial charge in [-0.15, -0.1) is 0 Å². The molecule has 3 heteroatoms. The normalized spacial score (nSPS) is 30.5. The van der Waals surface area contributed by atoms with Crippen molar-refractivity contribution in [2.24, 2.45) is 0 Å². The molecule has 1 heterocycles. The van der Waals surface area contributed by atoms with Crippen molar-refractivity contribution in [2.45, 2.75) is 57.2 Å². The summed E-state index contributed by atoms with van der Waals surface area (Å²) in [4.78, 5) is 0. The van der Waals surface area contributed by atoms with Gasteiger partial charge in [-0.1, -0.05) is 34.2 Å². The monoisotopic (exact) mass is 218 g/mol. The highest BCUT2D eigenvalue weighted by molar-refractivity contribution is 7.50. The molecule has 1 saturated heterocycles. The van der Waals surface area contributed by atoms with Crippen molar-refractivity contribution in [3.05, 3.63) is 0 Å². The van der Waals surface area contributed by atoms with Gasteiger partial charge < -0.3 is 0 Å². The van der Waals surface area contributed by atoms with E-state index in [1.807, 2.05) is 0 Å². The molecule has 0 nitrogen and oxygen atoms in total. The van der Waals surface area contributed by atoms with Crippen LogP contribution in [0.15, 0.2) is 0 Å². The summed E-state index contributed by atoms with van der Waals surface area (Å²) in [6, 6.07) is 0. The van der Waals surface area contributed by atoms with Gasteiger partial charge in [0.25, 0.3) is 0 Å². The third kappa shape index (κ3) is 1.23. The summed E-state index contributed by atoms with van der Waals surface area (Å²) in [6.45, 7) is 10.3. The molecule has 0 N–H and O–H groups in total. The first kappa shape index (κ1) is 10.8. The summed E-state index contributed by atoms with van der Waals surface area (Å²) >= 11 is 6.89. The maximum absolute atomic E-state index is 6.89. The molecule has 0 aromatic carbocycles. The summed E-state index contributed by atoms with van der Waals surface area (Å²) in [5, 5.41) is 0.899. The first-order chi connectivity index (χ1) is 5.27. The fourth-order valence-electron chi connectivity index (χ4n) is 2.56. The Hall–Kier alpha value is 0.724. The molecule has 0 aromatic heterocycles. The lowest BCUT2D eigenvalue weighted by Crippen LogP contribution is -2.48. The first-order valence-corrected chi connectivity index (χ1v) is 10.2. The van der Waals surface area contributed by atoms with E-state index in [1.165, 1.54) is 12.8 Å². The molecule has 0 amide bonds. The summed E-state index contributed by atoms with van der Waals surface area (Å²) in [7, 11) is 0.971. The van der Waals surface area contributed by atoms with E-state index >= 15 is 0 Å². The van der Waals surface area contributed by atoms with E-state index in [-0.39, 0.29) is 0 Å². The molecule has 0 unspecified atom stereocenters. The van der Waals surface area contributed by atoms with E-state index in [9.17, 15) is 0 Å². The van der Waals surface area contributed by atoms with Crippen LogP contribution in [0.1, 0.15) is 40.5 Å². The van der Waals surface area contributed by atoms with Crippen molar-refractivity contribution in [1.29, 1.82) is 0 Å². The highest BCUT2D eigenvalue weighted by atomic mass is 35.6. The van der Waals surface area contributed by atoms with E-state index in [0.717, 1.165) is 9.04 Å². The Morgan fingerprint density at radius 2 is 1.42 bits per heavy atom. The topological polar surface area (TPSA) is 0 Å². The van der Waals surface area contributed by atoms with Gasteiger partial charge in [-0.3, -0.25) is 0 Å². The maximum atomic E-state index is 6.89. The van der Waals surface area contributed by atoms with Crippen LogP contribution in [0.25, 0.3) is 0 Å². The molecular weight excluding hydrogens is 200 g/mol. The molecule has 12 heavy (non-hydrogen) atoms. The molecule has 70 valence electrons. The van der Waals surface area contributed by atoms with Crippen molar-refractivity contribution in [3.8, 4) is 0 Å². The molecule has 0 bridgehead atoms. The zero-order valence-electron chi connectivity index (χ0n) is 8.79. The van der Waals surface area contributed by atoms with E-state index < -0.39 is 6.90 Å². The lowest BCUT2D eigenvalue weighted by molar-refractivity contribution is 0.577. The third-order valence-electron chi connectivity index (χ3n) is 3.58. The van der Waals surface area contributed by atoms with Crippen molar-refractivity contribution in [2.75, 3.05) is 0 Å². The third-order valence-corrected chi connectivity index (χ3v) is 19.4. The minimum Gasteiger partial charge on any atom is -0.170 e. The quantitative estimate of drug-likeness (QED) is 0.465. The highest BCUT2D eigenvalue weighted by Gasteiger charge is 2.59. The summed E-state index contributed by atoms with van der Waals surface area (Å²) < 4.78 is 0. The maximum Gasteiger partial charge on any atom is 0.152 e. The van der Waals surface area contributed by atoms with Crippen LogP contribution < -0.4 is 0 Å². The Bertz CT molecular complexity index is 171. The van der Waals surface area contributed by atoms with Gasteiger partial charge in [0.05, 0.1) is 0 Å². The van der Waals surface area contributed by atoms with Crippen LogP contribution in [-0.4, -0.2) is 15.9 Å². The van der Waals surface area contributed by atoms with Gasteiger partial charge in [-0.25, -0.2) is 0 Å². The molecule has 2 radical (unpaired) electrons. The fraction of sp³-hybridized carbons (Fsp3) is 1.00. The van der Waals surface area contributed by atoms with Crippen molar-refractivity contribution in [3.63, 3.8) is 0 Å². The van der Waals surface area contributed by atoms with Gasteiger partial charge in [0, 0.05) is 9.04 Å². The average Bonchev–Trinajstić information content (AvgIpc) is 2.12. The predicted octanol–water partition coefficient (Wildman–Crippen LogP) is 3.77. The zero-order chi connectivity index (χ0) is 9.62. The number of halogens is 1. The van der Waals surface area contributed by atoms with Crippen LogP contribution in [0.4, 0.5) is 0 Å². The average molecular weight is 219 g/mol. The van der Waals surface area contributed by atoms with E-state index in [1.54, 1.807) is 0 Å². The molecular formula is C9H19ClSi2. The second-order valence-electron chi connectivity index (χ2n) is 5.18. The second kappa shape index (κ2) is 2.86. The number of hydrogen-bond acceptors (Lipinski definition) is 0. The molecule has 1 rings (SSSR count). The van der Waals surface area contributed by atoms with Crippen LogP contribution in [0.3, 0.4) is 0 Å². The SMILES string of the molecule is C[Si][Si]1(Cl)C(C)(C)CCC1(C)C. The smallest absolute Gasteiger partial charge is 0.152 e. The Balaban J connectivity index is 3.04. The lowest BCUT2D eigenvalue weighted by Gasteiger charge is -2.41. The van der Waals surface area contributed by atoms with E-state index in [0.29, 0.717) is 10.1 Å². The molecule has 1 aliphatic heterocycles. The molecule has 1 aliphatic rings. The van der Waals surface area contributed by atoms with Gasteiger partial charge in [0.15, 0.2) is 6.90 Å². The minimum atomic E-state index is -1.52. The number of rotatable bonds is 1. The Kier molecular flexibility index (Phi) is 2.57. The fourth-order valence-corrected chi connectivity index (χ4v) is 12.1. The van der Waals surface area contributed by atoms with Crippen molar-refractivity contribution >= 4 is 27.0 Å². The molecule has 1 fully saturated rings. The van der Waals surface area contributed by atoms with Crippen molar-refractivity contribution in [1.82, 2.24) is 0 Å². The molecule has 0 saturated carbocycles. The summed E-state index contributed by atoms with van der Waals surface area (Å²) in [5.74, 6) is 0. The van der Waals surface area contributed by atoms with E-state index in [4.69, 9.17) is 11.1 Å². The van der Waals surface area contributed by atoms with E-state index in [2.05, 4.69) is 34.2 Å². The van der Waals surface area contributed by atoms with Gasteiger partial charge in [0.2, 0.25) is 0 Å². The minimum absolute atomic E-state index is 0.450. The van der Waals surface area contributed by atoms with Crippen LogP contribution in [0.2, 0.25) is 16.6 Å². The van der Waals surface area contributed by atoms with Crippen LogP contribution in [-0.2, 0) is 0 Å². The Morgan fingerprint density at radius 3 is 1.58 bits per heavy atom. The second-order valence-corrected chi connectivity index (χ2v) is 16.1. The zero-order valence-corrected chi connectivity index (χ0v) is 11.5. The summed E-state index contributed by atoms with van der Waals surface area (Å²) in [6.07, 6.45) is 2.66. The van der Waals surface area contributed by atoms with Gasteiger partial charge in [-0.05, 0) is 22.9 Å². The molecule has 0 atom stereocenters. The standard InChI is InChI=1S/C9H19ClSi2/c1-8(2)6-7-9(3,4)12(8,10)11-5/h6-7H2,1-5H3. The summed E-state index contributed by atoms with van der Waals surface area (Å²) in [5.41, 5.74) is 0. The van der Waals surface area contributed by atoms with Crippen LogP contribution >= 0.6 is 11.1 Å². The molecule has 0 spiro atoms. The van der Waals surface area contributed by atoms with Crippen LogP contribution in [0.5, 0.6) is 0 Å². The highest BCUT2D eigenvalue weighted by Crippen LogP contribution is 2.64.